The van der Waals surface area contributed by atoms with E-state index in [-0.39, 0.29) is 0 Å². The molecule has 1 fully saturated rings. The summed E-state index contributed by atoms with van der Waals surface area (Å²) in [6.45, 7) is 5.24. The number of pyridine rings is 1. The van der Waals surface area contributed by atoms with Crippen LogP contribution in [0.15, 0.2) is 48.8 Å². The highest BCUT2D eigenvalue weighted by molar-refractivity contribution is 5.67. The Hall–Kier alpha value is -3.33. The first-order valence-electron chi connectivity index (χ1n) is 11.4. The topological polar surface area (TPSA) is 75.8 Å². The third kappa shape index (κ3) is 4.94. The molecule has 1 saturated carbocycles. The van der Waals surface area contributed by atoms with E-state index < -0.39 is 0 Å². The number of benzene rings is 1. The molecule has 0 saturated heterocycles. The van der Waals surface area contributed by atoms with Gasteiger partial charge in [0.05, 0.1) is 13.3 Å². The Morgan fingerprint density at radius 2 is 1.97 bits per heavy atom. The molecule has 32 heavy (non-hydrogen) atoms. The van der Waals surface area contributed by atoms with Gasteiger partial charge in [0.15, 0.2) is 11.4 Å². The number of ether oxygens (including phenoxy) is 1. The van der Waals surface area contributed by atoms with Crippen LogP contribution in [0.25, 0.3) is 11.1 Å². The molecular weight excluding hydrogens is 398 g/mol. The Balaban J connectivity index is 1.32. The maximum absolute atomic E-state index is 9.30. The molecule has 0 aliphatic heterocycles. The molecule has 0 atom stereocenters. The number of anilines is 1. The lowest BCUT2D eigenvalue weighted by Crippen LogP contribution is -2.21. The van der Waals surface area contributed by atoms with Crippen LogP contribution in [-0.4, -0.2) is 28.4 Å². The van der Waals surface area contributed by atoms with Crippen LogP contribution >= 0.6 is 0 Å². The van der Waals surface area contributed by atoms with Crippen molar-refractivity contribution in [2.75, 3.05) is 19.0 Å². The molecular formula is C26H31N5O. The van der Waals surface area contributed by atoms with Gasteiger partial charge in [-0.2, -0.15) is 10.4 Å². The van der Waals surface area contributed by atoms with Gasteiger partial charge in [-0.05, 0) is 75.3 Å². The summed E-state index contributed by atoms with van der Waals surface area (Å²) >= 11 is 0. The van der Waals surface area contributed by atoms with Gasteiger partial charge in [-0.15, -0.1) is 0 Å². The predicted molar refractivity (Wildman–Crippen MR) is 127 cm³/mol. The van der Waals surface area contributed by atoms with Crippen molar-refractivity contribution in [3.8, 4) is 22.9 Å². The molecule has 0 bridgehead atoms. The van der Waals surface area contributed by atoms with Crippen LogP contribution in [0.5, 0.6) is 5.75 Å². The number of nitriles is 1. The van der Waals surface area contributed by atoms with Gasteiger partial charge >= 0.3 is 0 Å². The van der Waals surface area contributed by atoms with E-state index in [9.17, 15) is 5.26 Å². The summed E-state index contributed by atoms with van der Waals surface area (Å²) in [6.07, 6.45) is 8.57. The first-order chi connectivity index (χ1) is 15.6. The number of rotatable bonds is 7. The summed E-state index contributed by atoms with van der Waals surface area (Å²) in [6, 6.07) is 15.0. The molecule has 0 unspecified atom stereocenters. The minimum Gasteiger partial charge on any atom is -0.494 e. The highest BCUT2D eigenvalue weighted by Crippen LogP contribution is 2.36. The van der Waals surface area contributed by atoms with E-state index in [0.717, 1.165) is 49.2 Å². The van der Waals surface area contributed by atoms with Crippen LogP contribution in [0.3, 0.4) is 0 Å². The Morgan fingerprint density at radius 1 is 1.16 bits per heavy atom. The summed E-state index contributed by atoms with van der Waals surface area (Å²) in [5, 5.41) is 17.4. The molecule has 0 amide bonds. The number of methoxy groups -OCH3 is 1. The van der Waals surface area contributed by atoms with E-state index in [1.807, 2.05) is 23.0 Å². The van der Waals surface area contributed by atoms with Gasteiger partial charge < -0.3 is 10.1 Å². The van der Waals surface area contributed by atoms with Gasteiger partial charge in [0, 0.05) is 41.6 Å². The van der Waals surface area contributed by atoms with E-state index in [0.29, 0.717) is 29.3 Å². The van der Waals surface area contributed by atoms with Crippen molar-refractivity contribution >= 4 is 5.69 Å². The molecule has 0 spiro atoms. The highest BCUT2D eigenvalue weighted by Gasteiger charge is 2.24. The molecule has 3 aromatic rings. The van der Waals surface area contributed by atoms with E-state index in [2.05, 4.69) is 65.8 Å². The van der Waals surface area contributed by atoms with Gasteiger partial charge in [-0.25, -0.2) is 4.98 Å². The molecule has 0 radical (unpaired) electrons. The zero-order valence-electron chi connectivity index (χ0n) is 19.1. The summed E-state index contributed by atoms with van der Waals surface area (Å²) in [7, 11) is 1.57. The maximum Gasteiger partial charge on any atom is 0.182 e. The fraction of sp³-hybridized carbons (Fsp3) is 0.423. The molecule has 1 aliphatic rings. The lowest BCUT2D eigenvalue weighted by molar-refractivity contribution is 0.334. The fourth-order valence-electron chi connectivity index (χ4n) is 4.44. The minimum absolute atomic E-state index is 0.361. The summed E-state index contributed by atoms with van der Waals surface area (Å²) in [4.78, 5) is 4.55. The first kappa shape index (κ1) is 21.9. The zero-order chi connectivity index (χ0) is 22.5. The van der Waals surface area contributed by atoms with Gasteiger partial charge in [-0.1, -0.05) is 12.1 Å². The summed E-state index contributed by atoms with van der Waals surface area (Å²) in [5.41, 5.74) is 4.88. The van der Waals surface area contributed by atoms with Crippen molar-refractivity contribution in [3.05, 3.63) is 60.2 Å². The van der Waals surface area contributed by atoms with Crippen LogP contribution in [0.2, 0.25) is 0 Å². The SMILES string of the molecule is COc1ccc(C2CCC(CNc3cccc(-c4cnn(C(C)C)c4)c3)CC2)nc1C#N. The minimum atomic E-state index is 0.361. The standard InChI is InChI=1S/C26H31N5O/c1-18(2)31-17-22(16-29-31)21-5-4-6-23(13-21)28-15-19-7-9-20(10-8-19)24-11-12-26(32-3)25(14-27)30-24/h4-6,11-13,16-20,28H,7-10,15H2,1-3H3. The lowest BCUT2D eigenvalue weighted by atomic mass is 9.80. The molecule has 6 nitrogen and oxygen atoms in total. The Kier molecular flexibility index (Phi) is 6.75. The molecule has 1 aliphatic carbocycles. The fourth-order valence-corrected chi connectivity index (χ4v) is 4.44. The molecule has 2 aromatic heterocycles. The molecule has 2 heterocycles. The second-order valence-electron chi connectivity index (χ2n) is 8.88. The largest absolute Gasteiger partial charge is 0.494 e. The lowest BCUT2D eigenvalue weighted by Gasteiger charge is -2.28. The normalized spacial score (nSPS) is 18.3. The molecule has 166 valence electrons. The quantitative estimate of drug-likeness (QED) is 0.514. The zero-order valence-corrected chi connectivity index (χ0v) is 19.1. The van der Waals surface area contributed by atoms with Gasteiger partial charge in [0.2, 0.25) is 0 Å². The van der Waals surface area contributed by atoms with Crippen LogP contribution < -0.4 is 10.1 Å². The van der Waals surface area contributed by atoms with Crippen LogP contribution in [0, 0.1) is 17.2 Å². The maximum atomic E-state index is 9.30. The second kappa shape index (κ2) is 9.86. The van der Waals surface area contributed by atoms with E-state index in [1.54, 1.807) is 7.11 Å². The van der Waals surface area contributed by atoms with Crippen molar-refractivity contribution < 1.29 is 4.74 Å². The number of nitrogens with one attached hydrogen (secondary N) is 1. The molecule has 1 N–H and O–H groups in total. The van der Waals surface area contributed by atoms with Gasteiger partial charge in [0.1, 0.15) is 6.07 Å². The number of hydrogen-bond donors (Lipinski definition) is 1. The van der Waals surface area contributed by atoms with Crippen molar-refractivity contribution in [2.45, 2.75) is 51.5 Å². The monoisotopic (exact) mass is 429 g/mol. The third-order valence-corrected chi connectivity index (χ3v) is 6.39. The second-order valence-corrected chi connectivity index (χ2v) is 8.88. The van der Waals surface area contributed by atoms with Crippen LogP contribution in [0.4, 0.5) is 5.69 Å². The average Bonchev–Trinajstić information content (AvgIpc) is 3.34. The van der Waals surface area contributed by atoms with Crippen molar-refractivity contribution in [2.24, 2.45) is 5.92 Å². The van der Waals surface area contributed by atoms with Gasteiger partial charge in [-0.3, -0.25) is 4.68 Å². The Morgan fingerprint density at radius 3 is 2.66 bits per heavy atom. The van der Waals surface area contributed by atoms with Crippen molar-refractivity contribution in [1.29, 1.82) is 5.26 Å². The summed E-state index contributed by atoms with van der Waals surface area (Å²) in [5.74, 6) is 1.62. The molecule has 4 rings (SSSR count). The number of nitrogens with zero attached hydrogens (tertiary/aromatic N) is 4. The Labute approximate surface area is 190 Å². The number of aromatic nitrogens is 3. The van der Waals surface area contributed by atoms with Crippen LogP contribution in [-0.2, 0) is 0 Å². The smallest absolute Gasteiger partial charge is 0.182 e. The Bertz CT molecular complexity index is 1090. The van der Waals surface area contributed by atoms with Crippen LogP contribution in [0.1, 0.15) is 62.9 Å². The number of hydrogen-bond acceptors (Lipinski definition) is 5. The van der Waals surface area contributed by atoms with Crippen molar-refractivity contribution in [1.82, 2.24) is 14.8 Å². The average molecular weight is 430 g/mol. The summed E-state index contributed by atoms with van der Waals surface area (Å²) < 4.78 is 7.21. The van der Waals surface area contributed by atoms with E-state index in [1.165, 1.54) is 5.56 Å². The third-order valence-electron chi connectivity index (χ3n) is 6.39. The van der Waals surface area contributed by atoms with Crippen molar-refractivity contribution in [3.63, 3.8) is 0 Å². The highest BCUT2D eigenvalue weighted by atomic mass is 16.5. The first-order valence-corrected chi connectivity index (χ1v) is 11.4. The predicted octanol–water partition coefficient (Wildman–Crippen LogP) is 5.79. The van der Waals surface area contributed by atoms with E-state index >= 15 is 0 Å². The van der Waals surface area contributed by atoms with Gasteiger partial charge in [0.25, 0.3) is 0 Å². The molecule has 1 aromatic carbocycles. The van der Waals surface area contributed by atoms with E-state index in [4.69, 9.17) is 4.74 Å². The molecule has 6 heteroatoms.